The molecule has 3 aromatic carbocycles. The summed E-state index contributed by atoms with van der Waals surface area (Å²) < 4.78 is 10.5. The van der Waals surface area contributed by atoms with E-state index >= 15 is 0 Å². The fraction of sp³-hybridized carbons (Fsp3) is 0.111. The van der Waals surface area contributed by atoms with Crippen molar-refractivity contribution in [3.8, 4) is 33.8 Å². The maximum Gasteiger partial charge on any atom is 0.335 e. The molecule has 0 radical (unpaired) electrons. The van der Waals surface area contributed by atoms with Crippen LogP contribution in [0.1, 0.15) is 16.7 Å². The molecule has 0 fully saturated rings. The van der Waals surface area contributed by atoms with Gasteiger partial charge in [-0.25, -0.2) is 9.59 Å². The number of carbonyl (C=O) groups is 2. The van der Waals surface area contributed by atoms with Gasteiger partial charge >= 0.3 is 11.9 Å². The number of esters is 2. The van der Waals surface area contributed by atoms with Crippen molar-refractivity contribution >= 4 is 11.9 Å². The zero-order valence-corrected chi connectivity index (χ0v) is 17.3. The second-order valence-corrected chi connectivity index (χ2v) is 7.42. The van der Waals surface area contributed by atoms with Gasteiger partial charge in [0.15, 0.2) is 0 Å². The van der Waals surface area contributed by atoms with Crippen molar-refractivity contribution in [2.45, 2.75) is 19.8 Å². The molecule has 154 valence electrons. The summed E-state index contributed by atoms with van der Waals surface area (Å²) in [5, 5.41) is 0. The Morgan fingerprint density at radius 2 is 1.26 bits per heavy atom. The average Bonchev–Trinajstić information content (AvgIpc) is 2.78. The van der Waals surface area contributed by atoms with Crippen molar-refractivity contribution < 1.29 is 19.1 Å². The van der Waals surface area contributed by atoms with Crippen LogP contribution in [-0.2, 0) is 22.4 Å². The molecule has 0 bridgehead atoms. The molecule has 0 spiro atoms. The number of carbonyl (C=O) groups excluding carboxylic acids is 2. The minimum absolute atomic E-state index is 0.457. The van der Waals surface area contributed by atoms with Gasteiger partial charge < -0.3 is 9.47 Å². The van der Waals surface area contributed by atoms with Crippen LogP contribution in [-0.4, -0.2) is 11.9 Å². The Kier molecular flexibility index (Phi) is 5.54. The third-order valence-corrected chi connectivity index (χ3v) is 5.41. The Balaban J connectivity index is 1.63. The van der Waals surface area contributed by atoms with Crippen molar-refractivity contribution in [1.82, 2.24) is 0 Å². The smallest absolute Gasteiger partial charge is 0.335 e. The van der Waals surface area contributed by atoms with Crippen LogP contribution in [0.25, 0.3) is 22.3 Å². The molecule has 0 aromatic heterocycles. The van der Waals surface area contributed by atoms with Crippen LogP contribution in [0.2, 0.25) is 0 Å². The molecule has 0 aliphatic heterocycles. The largest absolute Gasteiger partial charge is 0.423 e. The summed E-state index contributed by atoms with van der Waals surface area (Å²) in [6.45, 7) is 8.86. The summed E-state index contributed by atoms with van der Waals surface area (Å²) >= 11 is 0. The standard InChI is InChI=1S/C27H22O4/c1-4-26(28)30-21-9-12-23(17(3)14-21)18-8-11-24-19(15-18)6-7-20-16-22(10-13-25(20)24)31-27(29)5-2/h4-5,8-16H,1-2,6-7H2,3H3. The Labute approximate surface area is 181 Å². The zero-order valence-electron chi connectivity index (χ0n) is 17.3. The van der Waals surface area contributed by atoms with E-state index < -0.39 is 11.9 Å². The van der Waals surface area contributed by atoms with Gasteiger partial charge in [0.25, 0.3) is 0 Å². The SMILES string of the molecule is C=CC(=O)Oc1ccc(-c2ccc3c(c2)CCc2cc(OC(=O)C=C)ccc2-3)c(C)c1. The highest BCUT2D eigenvalue weighted by molar-refractivity contribution is 5.85. The van der Waals surface area contributed by atoms with Gasteiger partial charge in [-0.2, -0.15) is 0 Å². The monoisotopic (exact) mass is 410 g/mol. The molecule has 31 heavy (non-hydrogen) atoms. The van der Waals surface area contributed by atoms with Crippen molar-refractivity contribution in [2.75, 3.05) is 0 Å². The number of benzene rings is 3. The predicted octanol–water partition coefficient (Wildman–Crippen LogP) is 5.61. The number of rotatable bonds is 5. The highest BCUT2D eigenvalue weighted by Gasteiger charge is 2.18. The van der Waals surface area contributed by atoms with Gasteiger partial charge in [-0.15, -0.1) is 0 Å². The molecule has 0 unspecified atom stereocenters. The van der Waals surface area contributed by atoms with Crippen molar-refractivity contribution in [3.63, 3.8) is 0 Å². The lowest BCUT2D eigenvalue weighted by molar-refractivity contribution is -0.129. The number of ether oxygens (including phenoxy) is 2. The molecule has 0 saturated carbocycles. The van der Waals surface area contributed by atoms with Crippen molar-refractivity contribution in [1.29, 1.82) is 0 Å². The topological polar surface area (TPSA) is 52.6 Å². The molecule has 1 aliphatic carbocycles. The average molecular weight is 410 g/mol. The molecule has 0 heterocycles. The first-order chi connectivity index (χ1) is 15.0. The van der Waals surface area contributed by atoms with E-state index in [1.807, 2.05) is 37.3 Å². The third-order valence-electron chi connectivity index (χ3n) is 5.41. The zero-order chi connectivity index (χ0) is 22.0. The van der Waals surface area contributed by atoms with E-state index in [0.717, 1.165) is 47.2 Å². The minimum Gasteiger partial charge on any atom is -0.423 e. The van der Waals surface area contributed by atoms with Crippen LogP contribution in [0.3, 0.4) is 0 Å². The van der Waals surface area contributed by atoms with Crippen LogP contribution in [0.5, 0.6) is 11.5 Å². The van der Waals surface area contributed by atoms with Gasteiger partial charge in [0.1, 0.15) is 11.5 Å². The van der Waals surface area contributed by atoms with E-state index in [4.69, 9.17) is 9.47 Å². The van der Waals surface area contributed by atoms with Crippen LogP contribution in [0, 0.1) is 6.92 Å². The first-order valence-electron chi connectivity index (χ1n) is 10.0. The van der Waals surface area contributed by atoms with Gasteiger partial charge in [-0.05, 0) is 83.0 Å². The molecule has 1 aliphatic rings. The fourth-order valence-corrected chi connectivity index (χ4v) is 3.94. The van der Waals surface area contributed by atoms with Crippen molar-refractivity contribution in [3.05, 3.63) is 96.6 Å². The molecular weight excluding hydrogens is 388 g/mol. The quantitative estimate of drug-likeness (QED) is 0.312. The lowest BCUT2D eigenvalue weighted by Crippen LogP contribution is -2.07. The first kappa shape index (κ1) is 20.4. The van der Waals surface area contributed by atoms with Crippen LogP contribution in [0.15, 0.2) is 79.9 Å². The first-order valence-corrected chi connectivity index (χ1v) is 10.0. The highest BCUT2D eigenvalue weighted by atomic mass is 16.5. The van der Waals surface area contributed by atoms with E-state index in [9.17, 15) is 9.59 Å². The van der Waals surface area contributed by atoms with E-state index in [-0.39, 0.29) is 0 Å². The van der Waals surface area contributed by atoms with Gasteiger partial charge in [0.2, 0.25) is 0 Å². The van der Waals surface area contributed by atoms with Crippen LogP contribution in [0.4, 0.5) is 0 Å². The third kappa shape index (κ3) is 4.19. The summed E-state index contributed by atoms with van der Waals surface area (Å²) in [6, 6.07) is 17.9. The summed E-state index contributed by atoms with van der Waals surface area (Å²) in [7, 11) is 0. The van der Waals surface area contributed by atoms with Gasteiger partial charge in [0.05, 0.1) is 0 Å². The minimum atomic E-state index is -0.470. The molecule has 4 nitrogen and oxygen atoms in total. The van der Waals surface area contributed by atoms with E-state index in [1.165, 1.54) is 16.7 Å². The van der Waals surface area contributed by atoms with E-state index in [2.05, 4.69) is 31.4 Å². The summed E-state index contributed by atoms with van der Waals surface area (Å²) in [4.78, 5) is 22.9. The van der Waals surface area contributed by atoms with E-state index in [1.54, 1.807) is 6.07 Å². The van der Waals surface area contributed by atoms with E-state index in [0.29, 0.717) is 11.5 Å². The number of hydrogen-bond donors (Lipinski definition) is 0. The second-order valence-electron chi connectivity index (χ2n) is 7.42. The molecular formula is C27H22O4. The van der Waals surface area contributed by atoms with Crippen LogP contribution < -0.4 is 9.47 Å². The molecule has 4 rings (SSSR count). The molecule has 0 amide bonds. The number of aryl methyl sites for hydroxylation is 3. The molecule has 0 N–H and O–H groups in total. The molecule has 3 aromatic rings. The number of hydrogen-bond acceptors (Lipinski definition) is 4. The Hall–Kier alpha value is -3.92. The highest BCUT2D eigenvalue weighted by Crippen LogP contribution is 2.38. The van der Waals surface area contributed by atoms with Crippen LogP contribution >= 0.6 is 0 Å². The summed E-state index contributed by atoms with van der Waals surface area (Å²) in [6.07, 6.45) is 4.09. The van der Waals surface area contributed by atoms with Gasteiger partial charge in [-0.3, -0.25) is 0 Å². The lowest BCUT2D eigenvalue weighted by atomic mass is 9.83. The lowest BCUT2D eigenvalue weighted by Gasteiger charge is -2.21. The molecule has 4 heteroatoms. The maximum atomic E-state index is 11.5. The summed E-state index contributed by atoms with van der Waals surface area (Å²) in [5.41, 5.74) is 8.05. The predicted molar refractivity (Wildman–Crippen MR) is 121 cm³/mol. The Morgan fingerprint density at radius 3 is 1.84 bits per heavy atom. The Morgan fingerprint density at radius 1 is 0.742 bits per heavy atom. The van der Waals surface area contributed by atoms with Crippen molar-refractivity contribution in [2.24, 2.45) is 0 Å². The number of fused-ring (bicyclic) bond motifs is 3. The molecule has 0 saturated heterocycles. The maximum absolute atomic E-state index is 11.5. The van der Waals surface area contributed by atoms with Gasteiger partial charge in [0, 0.05) is 12.2 Å². The fourth-order valence-electron chi connectivity index (χ4n) is 3.94. The normalized spacial score (nSPS) is 11.6. The van der Waals surface area contributed by atoms with Gasteiger partial charge in [-0.1, -0.05) is 43.5 Å². The summed E-state index contributed by atoms with van der Waals surface area (Å²) in [5.74, 6) is 0.117. The Bertz CT molecular complexity index is 1220. The second kappa shape index (κ2) is 8.44. The molecule has 0 atom stereocenters.